The van der Waals surface area contributed by atoms with E-state index in [0.29, 0.717) is 22.3 Å². The lowest BCUT2D eigenvalue weighted by Crippen LogP contribution is -2.04. The van der Waals surface area contributed by atoms with Crippen LogP contribution in [0.25, 0.3) is 33.4 Å². The number of benzene rings is 6. The summed E-state index contributed by atoms with van der Waals surface area (Å²) in [4.78, 5) is 0. The van der Waals surface area contributed by atoms with Crippen molar-refractivity contribution in [1.82, 2.24) is 0 Å². The number of hydrogen-bond donors (Lipinski definition) is 4. The molecule has 0 atom stereocenters. The molecule has 0 aliphatic heterocycles. The summed E-state index contributed by atoms with van der Waals surface area (Å²) in [6.45, 7) is 0. The highest BCUT2D eigenvalue weighted by atomic mass is 16.3. The molecule has 0 aromatic heterocycles. The Bertz CT molecular complexity index is 1730. The average Bonchev–Trinajstić information content (AvgIpc) is 3.00. The van der Waals surface area contributed by atoms with E-state index < -0.39 is 0 Å². The maximum Gasteiger partial charge on any atom is 0.123 e. The molecule has 0 amide bonds. The first-order valence-corrected chi connectivity index (χ1v) is 13.4. The third-order valence-electron chi connectivity index (χ3n) is 7.45. The summed E-state index contributed by atoms with van der Waals surface area (Å²) in [5.41, 5.74) is 7.11. The van der Waals surface area contributed by atoms with Gasteiger partial charge in [-0.3, -0.25) is 0 Å². The number of hydrogen-bond acceptors (Lipinski definition) is 4. The maximum atomic E-state index is 10.8. The summed E-state index contributed by atoms with van der Waals surface area (Å²) in [7, 11) is 0. The summed E-state index contributed by atoms with van der Waals surface area (Å²) in [6.07, 6.45) is 0. The van der Waals surface area contributed by atoms with Gasteiger partial charge in [-0.05, 0) is 64.2 Å². The fourth-order valence-electron chi connectivity index (χ4n) is 5.38. The van der Waals surface area contributed by atoms with Gasteiger partial charge >= 0.3 is 0 Å². The first-order chi connectivity index (χ1) is 20.0. The number of rotatable bonds is 6. The highest BCUT2D eigenvalue weighted by Gasteiger charge is 2.22. The van der Waals surface area contributed by atoms with E-state index in [9.17, 15) is 20.4 Å². The molecule has 4 heteroatoms. The summed E-state index contributed by atoms with van der Waals surface area (Å²) in [5, 5.41) is 42.7. The van der Waals surface area contributed by atoms with Gasteiger partial charge in [0, 0.05) is 28.2 Å². The van der Waals surface area contributed by atoms with Crippen LogP contribution in [-0.4, -0.2) is 20.4 Å². The lowest BCUT2D eigenvalue weighted by atomic mass is 9.82. The quantitative estimate of drug-likeness (QED) is 0.161. The molecule has 0 saturated carbocycles. The third kappa shape index (κ3) is 5.11. The largest absolute Gasteiger partial charge is 0.507 e. The van der Waals surface area contributed by atoms with Crippen molar-refractivity contribution in [3.05, 3.63) is 156 Å². The van der Waals surface area contributed by atoms with Gasteiger partial charge in [0.25, 0.3) is 0 Å². The minimum Gasteiger partial charge on any atom is -0.507 e. The zero-order valence-electron chi connectivity index (χ0n) is 22.1. The predicted molar refractivity (Wildman–Crippen MR) is 163 cm³/mol. The fraction of sp³-hybridized carbons (Fsp3) is 0.0270. The second kappa shape index (κ2) is 10.9. The van der Waals surface area contributed by atoms with Gasteiger partial charge < -0.3 is 20.4 Å². The SMILES string of the molecule is Oc1ccccc1-c1cc(C(c2ccc(-c3ccccc3)cc2)c2ccc(O)c(-c3ccccc3O)c2)ccc1O. The Balaban J connectivity index is 1.53. The topological polar surface area (TPSA) is 80.9 Å². The molecular weight excluding hydrogens is 508 g/mol. The monoisotopic (exact) mass is 536 g/mol. The molecule has 0 spiro atoms. The molecule has 4 nitrogen and oxygen atoms in total. The minimum atomic E-state index is -0.282. The Hall–Kier alpha value is -5.48. The molecule has 0 heterocycles. The Morgan fingerprint density at radius 2 is 0.707 bits per heavy atom. The van der Waals surface area contributed by atoms with Crippen LogP contribution in [0.3, 0.4) is 0 Å². The molecule has 6 aromatic rings. The van der Waals surface area contributed by atoms with E-state index in [1.807, 2.05) is 54.6 Å². The number of para-hydroxylation sites is 2. The fourth-order valence-corrected chi connectivity index (χ4v) is 5.38. The zero-order valence-corrected chi connectivity index (χ0v) is 22.1. The predicted octanol–water partition coefficient (Wildman–Crippen LogP) is 8.69. The van der Waals surface area contributed by atoms with Crippen LogP contribution in [0.2, 0.25) is 0 Å². The lowest BCUT2D eigenvalue weighted by Gasteiger charge is -2.22. The standard InChI is InChI=1S/C37H28O4/c38-33-12-6-4-10-29(33)31-22-27(18-20-35(31)40)37(26-16-14-25(15-17-26)24-8-2-1-3-9-24)28-19-21-36(41)32(23-28)30-11-5-7-13-34(30)39/h1-23,37-41H. The maximum absolute atomic E-state index is 10.8. The number of aromatic hydroxyl groups is 4. The van der Waals surface area contributed by atoms with E-state index >= 15 is 0 Å². The van der Waals surface area contributed by atoms with Gasteiger partial charge in [-0.2, -0.15) is 0 Å². The highest BCUT2D eigenvalue weighted by Crippen LogP contribution is 2.43. The molecule has 0 saturated heterocycles. The van der Waals surface area contributed by atoms with E-state index in [1.165, 1.54) is 0 Å². The van der Waals surface area contributed by atoms with Gasteiger partial charge in [0.2, 0.25) is 0 Å². The molecule has 200 valence electrons. The van der Waals surface area contributed by atoms with Crippen LogP contribution in [0.15, 0.2) is 140 Å². The molecule has 0 radical (unpaired) electrons. The average molecular weight is 537 g/mol. The van der Waals surface area contributed by atoms with Crippen LogP contribution in [0, 0.1) is 0 Å². The third-order valence-corrected chi connectivity index (χ3v) is 7.45. The smallest absolute Gasteiger partial charge is 0.123 e. The van der Waals surface area contributed by atoms with Gasteiger partial charge in [0.15, 0.2) is 0 Å². The molecule has 0 aliphatic rings. The summed E-state index contributed by atoms with van der Waals surface area (Å²) < 4.78 is 0. The molecule has 0 fully saturated rings. The van der Waals surface area contributed by atoms with Crippen molar-refractivity contribution in [1.29, 1.82) is 0 Å². The van der Waals surface area contributed by atoms with Crippen molar-refractivity contribution < 1.29 is 20.4 Å². The van der Waals surface area contributed by atoms with E-state index in [0.717, 1.165) is 27.8 Å². The van der Waals surface area contributed by atoms with Gasteiger partial charge in [-0.15, -0.1) is 0 Å². The van der Waals surface area contributed by atoms with Crippen molar-refractivity contribution in [2.45, 2.75) is 5.92 Å². The molecule has 4 N–H and O–H groups in total. The van der Waals surface area contributed by atoms with E-state index in [2.05, 4.69) is 36.4 Å². The van der Waals surface area contributed by atoms with Gasteiger partial charge in [-0.25, -0.2) is 0 Å². The van der Waals surface area contributed by atoms with Crippen molar-refractivity contribution in [2.24, 2.45) is 0 Å². The highest BCUT2D eigenvalue weighted by molar-refractivity contribution is 5.78. The van der Waals surface area contributed by atoms with Gasteiger partial charge in [0.1, 0.15) is 23.0 Å². The number of phenols is 4. The summed E-state index contributed by atoms with van der Waals surface area (Å²) >= 11 is 0. The molecule has 41 heavy (non-hydrogen) atoms. The second-order valence-corrected chi connectivity index (χ2v) is 10.0. The van der Waals surface area contributed by atoms with E-state index in [1.54, 1.807) is 48.5 Å². The summed E-state index contributed by atoms with van der Waals surface area (Å²) in [6, 6.07) is 43.2. The summed E-state index contributed by atoms with van der Waals surface area (Å²) in [5.74, 6) is 0.00339. The minimum absolute atomic E-state index is 0.0639. The van der Waals surface area contributed by atoms with Crippen LogP contribution in [-0.2, 0) is 0 Å². The number of phenolic OH excluding ortho intramolecular Hbond substituents is 4. The molecule has 0 bridgehead atoms. The van der Waals surface area contributed by atoms with Gasteiger partial charge in [0.05, 0.1) is 0 Å². The van der Waals surface area contributed by atoms with Crippen molar-refractivity contribution in [3.8, 4) is 56.4 Å². The van der Waals surface area contributed by atoms with E-state index in [4.69, 9.17) is 0 Å². The molecule has 0 aliphatic carbocycles. The lowest BCUT2D eigenvalue weighted by molar-refractivity contribution is 0.468. The van der Waals surface area contributed by atoms with Crippen LogP contribution in [0.5, 0.6) is 23.0 Å². The van der Waals surface area contributed by atoms with Crippen LogP contribution in [0.4, 0.5) is 0 Å². The second-order valence-electron chi connectivity index (χ2n) is 10.0. The molecule has 6 aromatic carbocycles. The molecular formula is C37H28O4. The Morgan fingerprint density at radius 1 is 0.317 bits per heavy atom. The first kappa shape index (κ1) is 25.8. The van der Waals surface area contributed by atoms with Crippen LogP contribution < -0.4 is 0 Å². The molecule has 6 rings (SSSR count). The Kier molecular flexibility index (Phi) is 6.88. The van der Waals surface area contributed by atoms with E-state index in [-0.39, 0.29) is 28.9 Å². The van der Waals surface area contributed by atoms with Crippen LogP contribution in [0.1, 0.15) is 22.6 Å². The first-order valence-electron chi connectivity index (χ1n) is 13.4. The zero-order chi connectivity index (χ0) is 28.3. The van der Waals surface area contributed by atoms with Crippen molar-refractivity contribution in [2.75, 3.05) is 0 Å². The van der Waals surface area contributed by atoms with Gasteiger partial charge in [-0.1, -0.05) is 103 Å². The normalized spacial score (nSPS) is 11.0. The van der Waals surface area contributed by atoms with Crippen molar-refractivity contribution >= 4 is 0 Å². The Morgan fingerprint density at radius 3 is 1.20 bits per heavy atom. The molecule has 0 unspecified atom stereocenters. The van der Waals surface area contributed by atoms with Crippen molar-refractivity contribution in [3.63, 3.8) is 0 Å². The van der Waals surface area contributed by atoms with Crippen LogP contribution >= 0.6 is 0 Å². The Labute approximate surface area is 238 Å².